The number of hydrogen-bond donors (Lipinski definition) is 16. The summed E-state index contributed by atoms with van der Waals surface area (Å²) in [4.78, 5) is 122. The molecule has 0 aliphatic carbocycles. The molecule has 311 valence electrons. The molecular formula is C24H32O28V3. The van der Waals surface area contributed by atoms with Gasteiger partial charge in [-0.3, -0.25) is 38.4 Å². The fourth-order valence-corrected chi connectivity index (χ4v) is 2.86. The first-order chi connectivity index (χ1) is 23.1. The molecule has 0 aromatic heterocycles. The minimum Gasteiger partial charge on any atom is -0.481 e. The molecule has 0 saturated carbocycles. The molecule has 0 aliphatic heterocycles. The number of hydrogen-bond acceptors (Lipinski definition) is 16. The first-order valence-electron chi connectivity index (χ1n) is 12.7. The van der Waals surface area contributed by atoms with Crippen LogP contribution >= 0.6 is 0 Å². The molecule has 0 atom stereocenters. The zero-order valence-electron chi connectivity index (χ0n) is 27.1. The molecule has 0 aromatic rings. The van der Waals surface area contributed by atoms with Gasteiger partial charge in [0.15, 0.2) is 22.4 Å². The maximum Gasteiger partial charge on any atom is 0.336 e. The summed E-state index contributed by atoms with van der Waals surface area (Å²) in [6, 6.07) is 0. The van der Waals surface area contributed by atoms with Crippen LogP contribution in [0.25, 0.3) is 0 Å². The minimum absolute atomic E-state index is 0. The fourth-order valence-electron chi connectivity index (χ4n) is 2.86. The van der Waals surface area contributed by atoms with Crippen LogP contribution < -0.4 is 0 Å². The number of rotatable bonds is 20. The Morgan fingerprint density at radius 3 is 0.345 bits per heavy atom. The van der Waals surface area contributed by atoms with E-state index in [1.807, 2.05) is 0 Å². The fraction of sp³-hybridized carbons (Fsp3) is 0.500. The number of aliphatic carboxylic acids is 12. The van der Waals surface area contributed by atoms with Crippen molar-refractivity contribution in [1.82, 2.24) is 0 Å². The van der Waals surface area contributed by atoms with E-state index in [9.17, 15) is 57.5 Å². The van der Waals surface area contributed by atoms with Crippen LogP contribution in [0.3, 0.4) is 0 Å². The van der Waals surface area contributed by atoms with Crippen LogP contribution in [0.2, 0.25) is 0 Å². The molecule has 0 fully saturated rings. The van der Waals surface area contributed by atoms with E-state index in [1.54, 1.807) is 0 Å². The molecule has 0 aromatic carbocycles. The van der Waals surface area contributed by atoms with Crippen molar-refractivity contribution in [3.05, 3.63) is 0 Å². The summed E-state index contributed by atoms with van der Waals surface area (Å²) in [5.74, 6) is -20.1. The van der Waals surface area contributed by atoms with Gasteiger partial charge < -0.3 is 81.7 Å². The number of carboxylic acids is 12. The van der Waals surface area contributed by atoms with Gasteiger partial charge in [-0.25, -0.2) is 19.2 Å². The van der Waals surface area contributed by atoms with Gasteiger partial charge in [0.25, 0.3) is 0 Å². The molecule has 55 heavy (non-hydrogen) atoms. The molecule has 0 heterocycles. The second-order valence-corrected chi connectivity index (χ2v) is 9.91. The van der Waals surface area contributed by atoms with Gasteiger partial charge in [0.2, 0.25) is 0 Å². The second kappa shape index (κ2) is 28.6. The van der Waals surface area contributed by atoms with E-state index < -0.39 is 145 Å². The Balaban J connectivity index is -0.000000110. The average molecular weight is 921 g/mol. The molecule has 3 radical (unpaired) electrons. The molecule has 0 saturated heterocycles. The standard InChI is InChI=1S/4C6H8O7.3V/c4*7-3(8)1-6(13,5(11)12)2-4(9)10;;;/h4*13H,1-2H2,(H,7,8)(H,9,10)(H,11,12);;;. The van der Waals surface area contributed by atoms with Crippen LogP contribution in [0.15, 0.2) is 0 Å². The van der Waals surface area contributed by atoms with E-state index in [-0.39, 0.29) is 55.7 Å². The zero-order valence-corrected chi connectivity index (χ0v) is 31.2. The Morgan fingerprint density at radius 1 is 0.236 bits per heavy atom. The van der Waals surface area contributed by atoms with Gasteiger partial charge in [-0.2, -0.15) is 0 Å². The van der Waals surface area contributed by atoms with Gasteiger partial charge in [-0.15, -0.1) is 0 Å². The van der Waals surface area contributed by atoms with Crippen molar-refractivity contribution in [2.75, 3.05) is 0 Å². The third kappa shape index (κ3) is 31.3. The van der Waals surface area contributed by atoms with E-state index >= 15 is 0 Å². The maximum atomic E-state index is 10.3. The molecule has 0 bridgehead atoms. The first kappa shape index (κ1) is 65.1. The van der Waals surface area contributed by atoms with Crippen LogP contribution in [0.1, 0.15) is 51.4 Å². The quantitative estimate of drug-likeness (QED) is 0.0543. The minimum atomic E-state index is -2.74. The SMILES string of the molecule is O=C(O)CC(O)(CC(=O)O)C(=O)O.O=C(O)CC(O)(CC(=O)O)C(=O)O.O=C(O)CC(O)(CC(=O)O)C(=O)O.O=C(O)CC(O)(CC(=O)O)C(=O)O.[V].[V].[V]. The van der Waals surface area contributed by atoms with Crippen LogP contribution in [0.5, 0.6) is 0 Å². The zero-order chi connectivity index (χ0) is 42.6. The van der Waals surface area contributed by atoms with E-state index in [0.717, 1.165) is 0 Å². The predicted molar refractivity (Wildman–Crippen MR) is 148 cm³/mol. The van der Waals surface area contributed by atoms with Gasteiger partial charge >= 0.3 is 71.6 Å². The van der Waals surface area contributed by atoms with Crippen molar-refractivity contribution >= 4 is 71.6 Å². The topological polar surface area (TPSA) is 529 Å². The average Bonchev–Trinajstić information content (AvgIpc) is 2.85. The molecule has 0 spiro atoms. The third-order valence-corrected chi connectivity index (χ3v) is 5.14. The number of carboxylic acid groups (broad SMARTS) is 12. The molecular weight excluding hydrogens is 889 g/mol. The molecule has 0 aliphatic rings. The Kier molecular flexibility index (Phi) is 33.9. The van der Waals surface area contributed by atoms with Crippen molar-refractivity contribution in [3.63, 3.8) is 0 Å². The number of aliphatic hydroxyl groups is 4. The van der Waals surface area contributed by atoms with Gasteiger partial charge in [0.05, 0.1) is 51.4 Å². The largest absolute Gasteiger partial charge is 0.481 e. The van der Waals surface area contributed by atoms with Crippen LogP contribution in [0.4, 0.5) is 0 Å². The summed E-state index contributed by atoms with van der Waals surface area (Å²) in [6.45, 7) is 0. The summed E-state index contributed by atoms with van der Waals surface area (Å²) in [5.41, 5.74) is -11.0. The molecule has 0 amide bonds. The van der Waals surface area contributed by atoms with Crippen molar-refractivity contribution in [1.29, 1.82) is 0 Å². The Bertz CT molecular complexity index is 1130. The third-order valence-electron chi connectivity index (χ3n) is 5.14. The van der Waals surface area contributed by atoms with E-state index in [0.29, 0.717) is 0 Å². The van der Waals surface area contributed by atoms with Gasteiger partial charge in [-0.1, -0.05) is 0 Å². The first-order valence-corrected chi connectivity index (χ1v) is 12.7. The Labute approximate surface area is 339 Å². The van der Waals surface area contributed by atoms with E-state index in [1.165, 1.54) is 0 Å². The summed E-state index contributed by atoms with van der Waals surface area (Å²) in [6.07, 6.45) is -9.15. The molecule has 28 nitrogen and oxygen atoms in total. The van der Waals surface area contributed by atoms with Crippen LogP contribution in [-0.4, -0.2) is 176 Å². The van der Waals surface area contributed by atoms with Crippen LogP contribution in [0, 0.1) is 0 Å². The van der Waals surface area contributed by atoms with Crippen molar-refractivity contribution in [3.8, 4) is 0 Å². The summed E-state index contributed by atoms with van der Waals surface area (Å²) in [7, 11) is 0. The molecule has 31 heteroatoms. The van der Waals surface area contributed by atoms with E-state index in [4.69, 9.17) is 81.7 Å². The molecule has 0 unspecified atom stereocenters. The van der Waals surface area contributed by atoms with Gasteiger partial charge in [-0.05, 0) is 0 Å². The smallest absolute Gasteiger partial charge is 0.336 e. The van der Waals surface area contributed by atoms with Crippen molar-refractivity contribution in [2.24, 2.45) is 0 Å². The Hall–Kier alpha value is -4.77. The second-order valence-electron chi connectivity index (χ2n) is 9.91. The summed E-state index contributed by atoms with van der Waals surface area (Å²) < 4.78 is 0. The van der Waals surface area contributed by atoms with Crippen molar-refractivity contribution < 1.29 is 195 Å². The predicted octanol–water partition coefficient (Wildman–Crippen LogP) is -5.00. The summed E-state index contributed by atoms with van der Waals surface area (Å²) in [5, 5.41) is 135. The van der Waals surface area contributed by atoms with Gasteiger partial charge in [0.1, 0.15) is 0 Å². The Morgan fingerprint density at radius 2 is 0.309 bits per heavy atom. The molecule has 16 N–H and O–H groups in total. The molecule has 0 rings (SSSR count). The van der Waals surface area contributed by atoms with Gasteiger partial charge in [0, 0.05) is 55.7 Å². The van der Waals surface area contributed by atoms with Crippen molar-refractivity contribution in [2.45, 2.75) is 73.8 Å². The monoisotopic (exact) mass is 921 g/mol. The number of carbonyl (C=O) groups is 12. The maximum absolute atomic E-state index is 10.3. The summed E-state index contributed by atoms with van der Waals surface area (Å²) >= 11 is 0. The van der Waals surface area contributed by atoms with Crippen LogP contribution in [-0.2, 0) is 113 Å². The van der Waals surface area contributed by atoms with E-state index in [2.05, 4.69) is 0 Å². The normalized spacial score (nSPS) is 10.3.